The van der Waals surface area contributed by atoms with Crippen LogP contribution in [0.2, 0.25) is 0 Å². The molecule has 1 aliphatic heterocycles. The molecule has 13 heteroatoms. The molecule has 0 aromatic heterocycles. The van der Waals surface area contributed by atoms with Crippen molar-refractivity contribution < 1.29 is 56.1 Å². The van der Waals surface area contributed by atoms with Gasteiger partial charge in [-0.15, -0.1) is 0 Å². The number of carbonyl (C=O) groups excluding carboxylic acids is 2. The second kappa shape index (κ2) is 22.1. The summed E-state index contributed by atoms with van der Waals surface area (Å²) >= 11 is 0. The molecule has 6 rings (SSSR count). The number of hydrogen-bond acceptors (Lipinski definition) is 12. The van der Waals surface area contributed by atoms with Gasteiger partial charge >= 0.3 is 19.9 Å². The van der Waals surface area contributed by atoms with Gasteiger partial charge in [0.05, 0.1) is 31.8 Å². The highest BCUT2D eigenvalue weighted by Crippen LogP contribution is 2.53. The number of carbonyl (C=O) groups is 2. The molecule has 1 saturated heterocycles. The second-order valence-electron chi connectivity index (χ2n) is 16.2. The summed E-state index contributed by atoms with van der Waals surface area (Å²) in [6.07, 6.45) is -4.37. The van der Waals surface area contributed by atoms with Crippen molar-refractivity contribution in [3.63, 3.8) is 0 Å². The van der Waals surface area contributed by atoms with Crippen LogP contribution in [0.1, 0.15) is 88.5 Å². The summed E-state index contributed by atoms with van der Waals surface area (Å²) < 4.78 is 69.9. The van der Waals surface area contributed by atoms with Crippen LogP contribution < -0.4 is 0 Å². The average Bonchev–Trinajstić information content (AvgIpc) is 3.58. The average molecular weight is 859 g/mol. The van der Waals surface area contributed by atoms with E-state index in [1.807, 2.05) is 111 Å². The van der Waals surface area contributed by atoms with E-state index in [-0.39, 0.29) is 39.0 Å². The third-order valence-corrected chi connectivity index (χ3v) is 11.9. The molecule has 0 unspecified atom stereocenters. The van der Waals surface area contributed by atoms with Gasteiger partial charge in [-0.3, -0.25) is 18.4 Å². The molecule has 4 aromatic rings. The largest absolute Gasteiger partial charge is 0.508 e. The third-order valence-electron chi connectivity index (χ3n) is 10.4. The van der Waals surface area contributed by atoms with E-state index in [0.29, 0.717) is 12.8 Å². The summed E-state index contributed by atoms with van der Waals surface area (Å²) in [4.78, 5) is 27.3. The Balaban J connectivity index is 1.31. The first-order valence-corrected chi connectivity index (χ1v) is 22.7. The highest BCUT2D eigenvalue weighted by atomic mass is 31.2. The van der Waals surface area contributed by atoms with E-state index < -0.39 is 62.7 Å². The maximum absolute atomic E-state index is 14.4. The van der Waals surface area contributed by atoms with Gasteiger partial charge in [0.2, 0.25) is 6.29 Å². The fourth-order valence-corrected chi connectivity index (χ4v) is 8.42. The Kier molecular flexibility index (Phi) is 16.7. The van der Waals surface area contributed by atoms with Crippen molar-refractivity contribution in [3.05, 3.63) is 131 Å². The van der Waals surface area contributed by atoms with Crippen LogP contribution in [0.4, 0.5) is 4.79 Å². The molecule has 0 bridgehead atoms. The van der Waals surface area contributed by atoms with Crippen molar-refractivity contribution in [3.8, 4) is 11.1 Å². The molecule has 2 aliphatic rings. The van der Waals surface area contributed by atoms with Gasteiger partial charge in [0.25, 0.3) is 0 Å². The zero-order valence-electron chi connectivity index (χ0n) is 35.8. The predicted octanol–water partition coefficient (Wildman–Crippen LogP) is 10.6. The number of benzene rings is 4. The van der Waals surface area contributed by atoms with Gasteiger partial charge in [0, 0.05) is 5.92 Å². The van der Waals surface area contributed by atoms with Gasteiger partial charge in [0.1, 0.15) is 31.5 Å². The number of ether oxygens (including phenoxy) is 6. The van der Waals surface area contributed by atoms with Crippen molar-refractivity contribution in [1.82, 2.24) is 0 Å². The molecular formula is C48H59O12P. The molecule has 328 valence electrons. The van der Waals surface area contributed by atoms with Gasteiger partial charge in [0.15, 0.2) is 6.10 Å². The summed E-state index contributed by atoms with van der Waals surface area (Å²) in [6.45, 7) is 9.11. The van der Waals surface area contributed by atoms with Crippen LogP contribution >= 0.6 is 7.82 Å². The number of esters is 1. The third kappa shape index (κ3) is 12.6. The summed E-state index contributed by atoms with van der Waals surface area (Å²) in [7, 11) is -4.34. The number of fused-ring (bicyclic) bond motifs is 3. The van der Waals surface area contributed by atoms with E-state index in [0.717, 1.165) is 46.2 Å². The first-order valence-electron chi connectivity index (χ1n) is 21.2. The van der Waals surface area contributed by atoms with Crippen molar-refractivity contribution in [2.75, 3.05) is 26.4 Å². The Morgan fingerprint density at radius 1 is 0.639 bits per heavy atom. The molecule has 0 spiro atoms. The quantitative estimate of drug-likeness (QED) is 0.0448. The first-order chi connectivity index (χ1) is 29.5. The van der Waals surface area contributed by atoms with E-state index in [2.05, 4.69) is 12.1 Å². The maximum atomic E-state index is 14.4. The summed E-state index contributed by atoms with van der Waals surface area (Å²) in [5, 5.41) is 0. The molecule has 1 aliphatic carbocycles. The van der Waals surface area contributed by atoms with Gasteiger partial charge in [-0.25, -0.2) is 9.36 Å². The van der Waals surface area contributed by atoms with Crippen LogP contribution in [0.3, 0.4) is 0 Å². The van der Waals surface area contributed by atoms with Crippen LogP contribution in [0.5, 0.6) is 0 Å². The molecule has 5 atom stereocenters. The minimum Gasteiger partial charge on any atom is -0.454 e. The van der Waals surface area contributed by atoms with Crippen molar-refractivity contribution in [2.45, 2.75) is 110 Å². The lowest BCUT2D eigenvalue weighted by atomic mass is 9.95. The minimum absolute atomic E-state index is 0.0407. The van der Waals surface area contributed by atoms with E-state index in [4.69, 9.17) is 42.0 Å². The lowest BCUT2D eigenvalue weighted by Gasteiger charge is -2.45. The first kappa shape index (κ1) is 46.1. The standard InChI is InChI=1S/C48H59O12P/c1-6-8-28-56-61(51,57-29-9-7-2)60-45-44(59-46(49)48(3,4)5)43(53-31-35-22-14-11-15-23-35)42(52-30-34-20-12-10-13-21-34)41(58-45)33-55-47(50)54-32-40-38-26-18-16-24-36(38)37-25-17-19-27-39(37)40/h10-27,40-45H,6-9,28-33H2,1-5H3/t41-,42-,43+,44-,45+/m1/s1. The van der Waals surface area contributed by atoms with E-state index in [1.165, 1.54) is 0 Å². The van der Waals surface area contributed by atoms with Crippen molar-refractivity contribution >= 4 is 19.9 Å². The Morgan fingerprint density at radius 3 is 1.66 bits per heavy atom. The van der Waals surface area contributed by atoms with Crippen LogP contribution in [-0.4, -0.2) is 69.3 Å². The molecule has 61 heavy (non-hydrogen) atoms. The Labute approximate surface area is 359 Å². The normalized spacial score (nSPS) is 20.1. The highest BCUT2D eigenvalue weighted by molar-refractivity contribution is 7.48. The van der Waals surface area contributed by atoms with Crippen LogP contribution in [0.15, 0.2) is 109 Å². The molecule has 12 nitrogen and oxygen atoms in total. The molecule has 1 heterocycles. The minimum atomic E-state index is -4.34. The predicted molar refractivity (Wildman–Crippen MR) is 229 cm³/mol. The van der Waals surface area contributed by atoms with Crippen molar-refractivity contribution in [2.24, 2.45) is 5.41 Å². The topological polar surface area (TPSA) is 134 Å². The van der Waals surface area contributed by atoms with Gasteiger partial charge in [-0.2, -0.15) is 0 Å². The van der Waals surface area contributed by atoms with E-state index in [1.54, 1.807) is 20.8 Å². The monoisotopic (exact) mass is 858 g/mol. The number of rotatable bonds is 21. The molecule has 1 fully saturated rings. The highest BCUT2D eigenvalue weighted by Gasteiger charge is 2.54. The molecule has 0 radical (unpaired) electrons. The van der Waals surface area contributed by atoms with Crippen LogP contribution in [-0.2, 0) is 64.6 Å². The lowest BCUT2D eigenvalue weighted by molar-refractivity contribution is -0.305. The van der Waals surface area contributed by atoms with Crippen LogP contribution in [0, 0.1) is 5.41 Å². The second-order valence-corrected chi connectivity index (χ2v) is 17.8. The fourth-order valence-electron chi connectivity index (χ4n) is 7.10. The smallest absolute Gasteiger partial charge is 0.454 e. The van der Waals surface area contributed by atoms with E-state index in [9.17, 15) is 14.2 Å². The number of phosphoric ester groups is 1. The zero-order chi connectivity index (χ0) is 43.2. The van der Waals surface area contributed by atoms with Crippen LogP contribution in [0.25, 0.3) is 11.1 Å². The summed E-state index contributed by atoms with van der Waals surface area (Å²) in [5.74, 6) is -0.777. The fraction of sp³-hybridized carbons (Fsp3) is 0.458. The molecular weight excluding hydrogens is 799 g/mol. The number of phosphoric acid groups is 1. The lowest BCUT2D eigenvalue weighted by Crippen LogP contribution is -2.62. The summed E-state index contributed by atoms with van der Waals surface area (Å²) in [5.41, 5.74) is 5.02. The maximum Gasteiger partial charge on any atom is 0.508 e. The Bertz CT molecular complexity index is 1980. The van der Waals surface area contributed by atoms with Gasteiger partial charge in [-0.05, 0) is 67.0 Å². The van der Waals surface area contributed by atoms with Gasteiger partial charge in [-0.1, -0.05) is 136 Å². The molecule has 0 saturated carbocycles. The zero-order valence-corrected chi connectivity index (χ0v) is 36.7. The SMILES string of the molecule is CCCCOP(=O)(OCCCC)O[C@@H]1O[C@H](COC(=O)OCC2c3ccccc3-c3ccccc32)[C@@H](OCc2ccccc2)[C@H](OCc2ccccc2)[C@H]1OC(=O)C(C)(C)C. The Morgan fingerprint density at radius 2 is 1.13 bits per heavy atom. The molecule has 0 amide bonds. The van der Waals surface area contributed by atoms with Crippen molar-refractivity contribution in [1.29, 1.82) is 0 Å². The molecule has 0 N–H and O–H groups in total. The van der Waals surface area contributed by atoms with E-state index >= 15 is 0 Å². The Hall–Kier alpha value is -4.39. The molecule has 4 aromatic carbocycles. The number of hydrogen-bond donors (Lipinski definition) is 0. The summed E-state index contributed by atoms with van der Waals surface area (Å²) in [6, 6.07) is 35.1. The van der Waals surface area contributed by atoms with Gasteiger partial charge < -0.3 is 28.4 Å². The number of unbranched alkanes of at least 4 members (excludes halogenated alkanes) is 2.